The van der Waals surface area contributed by atoms with Gasteiger partial charge in [0.1, 0.15) is 18.2 Å². The lowest BCUT2D eigenvalue weighted by atomic mass is 10.0. The number of hydrogen-bond donors (Lipinski definition) is 1. The fourth-order valence-electron chi connectivity index (χ4n) is 1.34. The summed E-state index contributed by atoms with van der Waals surface area (Å²) in [5, 5.41) is 8.69. The Labute approximate surface area is 131 Å². The SMILES string of the molecule is O=C(OCc1c(F)cc(Br)cc1F)C(O)(C(F)(F)F)C(F)(F)F. The Kier molecular flexibility index (Phi) is 5.31. The van der Waals surface area contributed by atoms with Crippen LogP contribution in [-0.2, 0) is 16.1 Å². The van der Waals surface area contributed by atoms with Gasteiger partial charge in [-0.1, -0.05) is 15.9 Å². The molecule has 12 heteroatoms. The average Bonchev–Trinajstić information content (AvgIpc) is 2.33. The monoisotopic (exact) mass is 416 g/mol. The second-order valence-electron chi connectivity index (χ2n) is 4.13. The van der Waals surface area contributed by atoms with Crippen molar-refractivity contribution in [3.05, 3.63) is 33.8 Å². The van der Waals surface area contributed by atoms with Crippen molar-refractivity contribution in [2.75, 3.05) is 0 Å². The number of benzene rings is 1. The number of alkyl halides is 6. The van der Waals surface area contributed by atoms with Crippen LogP contribution in [0.1, 0.15) is 5.56 Å². The van der Waals surface area contributed by atoms with Crippen molar-refractivity contribution in [3.63, 3.8) is 0 Å². The molecule has 1 aromatic rings. The van der Waals surface area contributed by atoms with Crippen LogP contribution >= 0.6 is 15.9 Å². The predicted octanol–water partition coefficient (Wildman–Crippen LogP) is 3.63. The Balaban J connectivity index is 3.08. The number of aliphatic hydroxyl groups is 1. The van der Waals surface area contributed by atoms with E-state index in [1.807, 2.05) is 0 Å². The number of hydrogen-bond acceptors (Lipinski definition) is 3. The molecule has 0 amide bonds. The van der Waals surface area contributed by atoms with Crippen LogP contribution in [-0.4, -0.2) is 29.0 Å². The maximum Gasteiger partial charge on any atom is 0.437 e. The molecule has 0 fully saturated rings. The number of esters is 1. The quantitative estimate of drug-likeness (QED) is 0.604. The average molecular weight is 417 g/mol. The van der Waals surface area contributed by atoms with Gasteiger partial charge in [-0.15, -0.1) is 0 Å². The molecule has 0 aromatic heterocycles. The summed E-state index contributed by atoms with van der Waals surface area (Å²) in [6.45, 7) is -1.59. The number of rotatable bonds is 3. The molecular weight excluding hydrogens is 412 g/mol. The topological polar surface area (TPSA) is 46.5 Å². The maximum absolute atomic E-state index is 13.4. The van der Waals surface area contributed by atoms with Gasteiger partial charge in [0, 0.05) is 4.47 Å². The van der Waals surface area contributed by atoms with Crippen molar-refractivity contribution in [2.45, 2.75) is 24.6 Å². The summed E-state index contributed by atoms with van der Waals surface area (Å²) >= 11 is 2.69. The highest BCUT2D eigenvalue weighted by molar-refractivity contribution is 9.10. The largest absolute Gasteiger partial charge is 0.458 e. The van der Waals surface area contributed by atoms with E-state index >= 15 is 0 Å². The van der Waals surface area contributed by atoms with E-state index in [2.05, 4.69) is 20.7 Å². The van der Waals surface area contributed by atoms with Crippen LogP contribution < -0.4 is 0 Å². The lowest BCUT2D eigenvalue weighted by molar-refractivity contribution is -0.357. The Bertz CT molecular complexity index is 573. The molecule has 0 saturated heterocycles. The van der Waals surface area contributed by atoms with E-state index in [0.717, 1.165) is 0 Å². The molecule has 0 spiro atoms. The summed E-state index contributed by atoms with van der Waals surface area (Å²) in [5.41, 5.74) is -6.91. The van der Waals surface area contributed by atoms with Crippen LogP contribution in [0.25, 0.3) is 0 Å². The summed E-state index contributed by atoms with van der Waals surface area (Å²) in [7, 11) is 0. The molecule has 0 aliphatic carbocycles. The summed E-state index contributed by atoms with van der Waals surface area (Å²) in [6, 6.07) is 1.29. The molecule has 0 aliphatic rings. The van der Waals surface area contributed by atoms with E-state index in [9.17, 15) is 39.9 Å². The van der Waals surface area contributed by atoms with Gasteiger partial charge in [0.15, 0.2) is 0 Å². The molecule has 1 N–H and O–H groups in total. The smallest absolute Gasteiger partial charge is 0.437 e. The van der Waals surface area contributed by atoms with Gasteiger partial charge in [-0.3, -0.25) is 0 Å². The first-order valence-electron chi connectivity index (χ1n) is 5.38. The second kappa shape index (κ2) is 6.23. The Morgan fingerprint density at radius 2 is 1.43 bits per heavy atom. The van der Waals surface area contributed by atoms with Crippen molar-refractivity contribution in [3.8, 4) is 0 Å². The molecule has 0 aliphatic heterocycles. The van der Waals surface area contributed by atoms with Gasteiger partial charge >= 0.3 is 23.9 Å². The molecule has 1 aromatic carbocycles. The van der Waals surface area contributed by atoms with Crippen molar-refractivity contribution in [1.29, 1.82) is 0 Å². The third kappa shape index (κ3) is 3.74. The number of ether oxygens (including phenoxy) is 1. The van der Waals surface area contributed by atoms with Gasteiger partial charge in [-0.2, -0.15) is 26.3 Å². The van der Waals surface area contributed by atoms with E-state index in [0.29, 0.717) is 12.1 Å². The third-order valence-corrected chi connectivity index (χ3v) is 3.03. The zero-order valence-corrected chi connectivity index (χ0v) is 12.1. The van der Waals surface area contributed by atoms with Gasteiger partial charge in [0.05, 0.1) is 5.56 Å². The van der Waals surface area contributed by atoms with Crippen LogP contribution in [0.4, 0.5) is 35.1 Å². The molecule has 0 unspecified atom stereocenters. The molecule has 23 heavy (non-hydrogen) atoms. The minimum absolute atomic E-state index is 0.107. The highest BCUT2D eigenvalue weighted by Crippen LogP contribution is 2.44. The normalized spacial score (nSPS) is 13.1. The van der Waals surface area contributed by atoms with Crippen molar-refractivity contribution in [1.82, 2.24) is 0 Å². The van der Waals surface area contributed by atoms with Crippen LogP contribution in [0.15, 0.2) is 16.6 Å². The highest BCUT2D eigenvalue weighted by atomic mass is 79.9. The Hall–Kier alpha value is -1.43. The van der Waals surface area contributed by atoms with Crippen molar-refractivity contribution in [2.24, 2.45) is 0 Å². The summed E-state index contributed by atoms with van der Waals surface area (Å²) in [4.78, 5) is 11.1. The molecule has 0 heterocycles. The zero-order chi connectivity index (χ0) is 18.2. The van der Waals surface area contributed by atoms with Crippen LogP contribution in [0, 0.1) is 11.6 Å². The predicted molar refractivity (Wildman–Crippen MR) is 60.9 cm³/mol. The molecule has 3 nitrogen and oxygen atoms in total. The first kappa shape index (κ1) is 19.6. The van der Waals surface area contributed by atoms with E-state index in [1.54, 1.807) is 0 Å². The van der Waals surface area contributed by atoms with Crippen LogP contribution in [0.2, 0.25) is 0 Å². The summed E-state index contributed by atoms with van der Waals surface area (Å²) in [6.07, 6.45) is -12.9. The van der Waals surface area contributed by atoms with Crippen molar-refractivity contribution < 1.29 is 49.8 Å². The first-order chi connectivity index (χ1) is 10.2. The molecule has 0 bridgehead atoms. The summed E-state index contributed by atoms with van der Waals surface area (Å²) < 4.78 is 104. The Morgan fingerprint density at radius 1 is 1.04 bits per heavy atom. The number of halogens is 9. The fourth-order valence-corrected chi connectivity index (χ4v) is 1.75. The number of carbonyl (C=O) groups excluding carboxylic acids is 1. The van der Waals surface area contributed by atoms with Gasteiger partial charge < -0.3 is 9.84 Å². The van der Waals surface area contributed by atoms with Gasteiger partial charge in [-0.05, 0) is 12.1 Å². The first-order valence-corrected chi connectivity index (χ1v) is 6.17. The van der Waals surface area contributed by atoms with E-state index in [-0.39, 0.29) is 4.47 Å². The van der Waals surface area contributed by atoms with Gasteiger partial charge in [0.25, 0.3) is 0 Å². The number of carbonyl (C=O) groups is 1. The zero-order valence-electron chi connectivity index (χ0n) is 10.5. The van der Waals surface area contributed by atoms with Crippen molar-refractivity contribution >= 4 is 21.9 Å². The lowest BCUT2D eigenvalue weighted by Crippen LogP contribution is -2.62. The molecule has 1 rings (SSSR count). The Morgan fingerprint density at radius 3 is 1.78 bits per heavy atom. The van der Waals surface area contributed by atoms with Gasteiger partial charge in [0.2, 0.25) is 0 Å². The van der Waals surface area contributed by atoms with E-state index in [1.165, 1.54) is 0 Å². The van der Waals surface area contributed by atoms with E-state index in [4.69, 9.17) is 5.11 Å². The molecule has 0 radical (unpaired) electrons. The second-order valence-corrected chi connectivity index (χ2v) is 5.05. The van der Waals surface area contributed by atoms with Crippen LogP contribution in [0.3, 0.4) is 0 Å². The summed E-state index contributed by atoms with van der Waals surface area (Å²) in [5.74, 6) is -5.92. The molecule has 0 atom stereocenters. The highest BCUT2D eigenvalue weighted by Gasteiger charge is 2.76. The van der Waals surface area contributed by atoms with Gasteiger partial charge in [-0.25, -0.2) is 13.6 Å². The van der Waals surface area contributed by atoms with E-state index < -0.39 is 47.7 Å². The fraction of sp³-hybridized carbons (Fsp3) is 0.364. The molecular formula is C11H5BrF8O3. The minimum atomic E-state index is -6.45. The maximum atomic E-state index is 13.4. The lowest BCUT2D eigenvalue weighted by Gasteiger charge is -2.29. The minimum Gasteiger partial charge on any atom is -0.458 e. The standard InChI is InChI=1S/C11H5BrF8O3/c12-4-1-6(13)5(7(14)2-4)3-23-8(21)9(22,10(15,16)17)11(18,19)20/h1-2,22H,3H2. The third-order valence-electron chi connectivity index (χ3n) is 2.57. The molecule has 0 saturated carbocycles. The van der Waals surface area contributed by atoms with Crippen LogP contribution in [0.5, 0.6) is 0 Å². The molecule has 130 valence electrons.